The van der Waals surface area contributed by atoms with Crippen molar-refractivity contribution in [1.82, 2.24) is 19.6 Å². The molecule has 0 aliphatic heterocycles. The van der Waals surface area contributed by atoms with E-state index in [1.807, 2.05) is 0 Å². The predicted molar refractivity (Wildman–Crippen MR) is 96.0 cm³/mol. The molecule has 0 amide bonds. The molecule has 2 unspecified atom stereocenters. The largest absolute Gasteiger partial charge is 0.418 e. The Bertz CT molecular complexity index is 1080. The Morgan fingerprint density at radius 2 is 1.83 bits per heavy atom. The fraction of sp³-hybridized carbons (Fsp3) is 0.353. The van der Waals surface area contributed by atoms with Crippen LogP contribution in [0.4, 0.5) is 32.2 Å². The summed E-state index contributed by atoms with van der Waals surface area (Å²) in [4.78, 5) is 7.66. The van der Waals surface area contributed by atoms with Gasteiger partial charge in [0, 0.05) is 11.8 Å². The quantitative estimate of drug-likeness (QED) is 0.435. The highest BCUT2D eigenvalue weighted by Crippen LogP contribution is 2.42. The van der Waals surface area contributed by atoms with Crippen LogP contribution in [0.5, 0.6) is 0 Å². The molecule has 0 saturated heterocycles. The van der Waals surface area contributed by atoms with Crippen LogP contribution in [-0.2, 0) is 6.18 Å². The van der Waals surface area contributed by atoms with Gasteiger partial charge in [-0.3, -0.25) is 4.98 Å². The number of nitrogens with one attached hydrogen (secondary N) is 1. The van der Waals surface area contributed by atoms with Gasteiger partial charge in [0.15, 0.2) is 5.65 Å². The van der Waals surface area contributed by atoms with Gasteiger partial charge in [0.25, 0.3) is 0 Å². The normalized spacial score (nSPS) is 14.7. The second kappa shape index (κ2) is 7.58. The second-order valence-corrected chi connectivity index (χ2v) is 6.80. The third kappa shape index (κ3) is 4.01. The molecule has 0 bridgehead atoms. The fourth-order valence-electron chi connectivity index (χ4n) is 2.74. The zero-order valence-corrected chi connectivity index (χ0v) is 16.1. The van der Waals surface area contributed by atoms with Crippen LogP contribution in [0.25, 0.3) is 16.9 Å². The Balaban J connectivity index is 2.37. The topological polar surface area (TPSA) is 75.3 Å². The molecule has 0 radical (unpaired) electrons. The minimum Gasteiger partial charge on any atom is -0.389 e. The smallest absolute Gasteiger partial charge is 0.389 e. The molecule has 2 N–H and O–H groups in total. The van der Waals surface area contributed by atoms with Crippen LogP contribution in [-0.4, -0.2) is 36.9 Å². The van der Waals surface area contributed by atoms with Gasteiger partial charge in [-0.15, -0.1) is 0 Å². The number of aliphatic hydroxyl groups excluding tert-OH is 1. The van der Waals surface area contributed by atoms with E-state index in [9.17, 15) is 31.4 Å². The maximum atomic E-state index is 13.5. The molecule has 0 spiro atoms. The Morgan fingerprint density at radius 3 is 2.40 bits per heavy atom. The minimum atomic E-state index is -4.86. The third-order valence-corrected chi connectivity index (χ3v) is 4.55. The summed E-state index contributed by atoms with van der Waals surface area (Å²) >= 11 is 6.13. The van der Waals surface area contributed by atoms with E-state index in [0.29, 0.717) is 0 Å². The molecule has 2 atom stereocenters. The lowest BCUT2D eigenvalue weighted by Crippen LogP contribution is -2.34. The molecular formula is C17H14ClF6N5O. The zero-order chi connectivity index (χ0) is 22.4. The van der Waals surface area contributed by atoms with Gasteiger partial charge in [-0.1, -0.05) is 11.6 Å². The molecular weight excluding hydrogens is 440 g/mol. The summed E-state index contributed by atoms with van der Waals surface area (Å²) in [7, 11) is 0. The number of nitrogens with zero attached hydrogens (tertiary/aromatic N) is 4. The third-order valence-electron chi connectivity index (χ3n) is 4.27. The van der Waals surface area contributed by atoms with Crippen molar-refractivity contribution in [2.45, 2.75) is 38.3 Å². The summed E-state index contributed by atoms with van der Waals surface area (Å²) in [5.74, 6) is -0.495. The van der Waals surface area contributed by atoms with Gasteiger partial charge < -0.3 is 10.4 Å². The van der Waals surface area contributed by atoms with Crippen molar-refractivity contribution in [3.63, 3.8) is 0 Å². The number of hydrogen-bond donors (Lipinski definition) is 2. The van der Waals surface area contributed by atoms with E-state index in [2.05, 4.69) is 20.4 Å². The van der Waals surface area contributed by atoms with Crippen LogP contribution in [0.2, 0.25) is 5.15 Å². The SMILES string of the molecule is CC(O)c1cnn2c(NC(C)C(F)(F)F)c(-c3ncccc3C(F)(F)F)c(Cl)nc12. The van der Waals surface area contributed by atoms with Gasteiger partial charge >= 0.3 is 12.4 Å². The second-order valence-electron chi connectivity index (χ2n) is 6.44. The van der Waals surface area contributed by atoms with E-state index in [4.69, 9.17) is 11.6 Å². The first-order chi connectivity index (χ1) is 13.8. The standard InChI is InChI=1S/C17H14ClF6N5O/c1-7(30)9-6-26-29-14(9)28-13(18)11(15(29)27-8(2)16(19,20)21)12-10(17(22,23)24)4-3-5-25-12/h3-8,27,30H,1-2H3. The first-order valence-corrected chi connectivity index (χ1v) is 8.81. The number of hydrogen-bond acceptors (Lipinski definition) is 5. The highest BCUT2D eigenvalue weighted by Gasteiger charge is 2.39. The highest BCUT2D eigenvalue weighted by atomic mass is 35.5. The van der Waals surface area contributed by atoms with Gasteiger partial charge in [-0.05, 0) is 26.0 Å². The van der Waals surface area contributed by atoms with Gasteiger partial charge in [0.1, 0.15) is 17.0 Å². The van der Waals surface area contributed by atoms with Crippen molar-refractivity contribution >= 4 is 23.1 Å². The molecule has 0 aromatic carbocycles. The number of fused-ring (bicyclic) bond motifs is 1. The number of rotatable bonds is 4. The van der Waals surface area contributed by atoms with Crippen molar-refractivity contribution in [1.29, 1.82) is 0 Å². The number of alkyl halides is 6. The van der Waals surface area contributed by atoms with Crippen LogP contribution in [0.3, 0.4) is 0 Å². The molecule has 0 fully saturated rings. The highest BCUT2D eigenvalue weighted by molar-refractivity contribution is 6.33. The Hall–Kier alpha value is -2.60. The molecule has 3 aromatic heterocycles. The molecule has 6 nitrogen and oxygen atoms in total. The van der Waals surface area contributed by atoms with Crippen LogP contribution < -0.4 is 5.32 Å². The molecule has 0 aliphatic rings. The molecule has 3 aromatic rings. The molecule has 3 heterocycles. The molecule has 0 saturated carbocycles. The summed E-state index contributed by atoms with van der Waals surface area (Å²) in [6.45, 7) is 2.15. The Morgan fingerprint density at radius 1 is 1.17 bits per heavy atom. The number of anilines is 1. The number of aromatic nitrogens is 4. The summed E-state index contributed by atoms with van der Waals surface area (Å²) in [5.41, 5.74) is -2.41. The Kier molecular flexibility index (Phi) is 5.58. The predicted octanol–water partition coefficient (Wildman–Crippen LogP) is 4.88. The summed E-state index contributed by atoms with van der Waals surface area (Å²) in [6.07, 6.45) is -8.50. The van der Waals surface area contributed by atoms with Crippen molar-refractivity contribution in [2.24, 2.45) is 0 Å². The van der Waals surface area contributed by atoms with Crippen molar-refractivity contribution in [3.8, 4) is 11.3 Å². The summed E-state index contributed by atoms with van der Waals surface area (Å²) < 4.78 is 81.0. The molecule has 13 heteroatoms. The maximum absolute atomic E-state index is 13.5. The van der Waals surface area contributed by atoms with Gasteiger partial charge in [-0.25, -0.2) is 4.98 Å². The monoisotopic (exact) mass is 453 g/mol. The number of aliphatic hydroxyl groups is 1. The van der Waals surface area contributed by atoms with Gasteiger partial charge in [0.2, 0.25) is 0 Å². The van der Waals surface area contributed by atoms with Crippen LogP contribution in [0.15, 0.2) is 24.5 Å². The van der Waals surface area contributed by atoms with Crippen molar-refractivity contribution in [3.05, 3.63) is 40.8 Å². The average molecular weight is 454 g/mol. The first-order valence-electron chi connectivity index (χ1n) is 8.43. The summed E-state index contributed by atoms with van der Waals surface area (Å²) in [6, 6.07) is -0.406. The first kappa shape index (κ1) is 22.1. The average Bonchev–Trinajstić information content (AvgIpc) is 3.04. The summed E-state index contributed by atoms with van der Waals surface area (Å²) in [5, 5.41) is 15.3. The van der Waals surface area contributed by atoms with Gasteiger partial charge in [-0.2, -0.15) is 36.0 Å². The minimum absolute atomic E-state index is 0.111. The van der Waals surface area contributed by atoms with E-state index in [-0.39, 0.29) is 11.2 Å². The fourth-order valence-corrected chi connectivity index (χ4v) is 3.00. The van der Waals surface area contributed by atoms with Crippen LogP contribution in [0.1, 0.15) is 31.1 Å². The van der Waals surface area contributed by atoms with Gasteiger partial charge in [0.05, 0.1) is 29.1 Å². The molecule has 3 rings (SSSR count). The number of halogens is 7. The molecule has 0 aliphatic carbocycles. The lowest BCUT2D eigenvalue weighted by Gasteiger charge is -2.22. The Labute approximate surface area is 170 Å². The maximum Gasteiger partial charge on any atom is 0.418 e. The van der Waals surface area contributed by atoms with Crippen molar-refractivity contribution in [2.75, 3.05) is 5.32 Å². The zero-order valence-electron chi connectivity index (χ0n) is 15.3. The lowest BCUT2D eigenvalue weighted by atomic mass is 10.1. The van der Waals surface area contributed by atoms with E-state index in [1.54, 1.807) is 0 Å². The van der Waals surface area contributed by atoms with E-state index >= 15 is 0 Å². The van der Waals surface area contributed by atoms with E-state index < -0.39 is 52.3 Å². The van der Waals surface area contributed by atoms with Crippen LogP contribution >= 0.6 is 11.6 Å². The molecule has 162 valence electrons. The molecule has 30 heavy (non-hydrogen) atoms. The lowest BCUT2D eigenvalue weighted by molar-refractivity contribution is -0.139. The van der Waals surface area contributed by atoms with Crippen molar-refractivity contribution < 1.29 is 31.4 Å². The van der Waals surface area contributed by atoms with Crippen LogP contribution in [0, 0.1) is 0 Å². The van der Waals surface area contributed by atoms with E-state index in [0.717, 1.165) is 36.0 Å². The number of pyridine rings is 1. The van der Waals surface area contributed by atoms with E-state index in [1.165, 1.54) is 6.92 Å².